The van der Waals surface area contributed by atoms with Gasteiger partial charge in [-0.05, 0) is 25.5 Å². The zero-order valence-electron chi connectivity index (χ0n) is 17.2. The summed E-state index contributed by atoms with van der Waals surface area (Å²) in [7, 11) is 4.35. The molecular formula is C21H21FN2O6. The van der Waals surface area contributed by atoms with E-state index in [0.717, 1.165) is 0 Å². The summed E-state index contributed by atoms with van der Waals surface area (Å²) < 4.78 is 40.1. The maximum atomic E-state index is 13.8. The number of ether oxygens (including phenoxy) is 4. The van der Waals surface area contributed by atoms with Crippen molar-refractivity contribution in [3.63, 3.8) is 0 Å². The molecule has 8 nitrogen and oxygen atoms in total. The van der Waals surface area contributed by atoms with Gasteiger partial charge in [0.1, 0.15) is 17.1 Å². The largest absolute Gasteiger partial charge is 0.496 e. The molecule has 0 saturated carbocycles. The molecule has 3 aromatic rings. The van der Waals surface area contributed by atoms with Crippen LogP contribution in [0, 0.1) is 12.7 Å². The molecule has 3 rings (SSSR count). The van der Waals surface area contributed by atoms with Crippen molar-refractivity contribution >= 4 is 5.97 Å². The van der Waals surface area contributed by atoms with Crippen LogP contribution in [0.5, 0.6) is 17.2 Å². The third-order valence-corrected chi connectivity index (χ3v) is 4.43. The molecule has 0 N–H and O–H groups in total. The van der Waals surface area contributed by atoms with Crippen LogP contribution in [-0.2, 0) is 4.74 Å². The molecular weight excluding hydrogens is 395 g/mol. The minimum atomic E-state index is -0.855. The van der Waals surface area contributed by atoms with Crippen molar-refractivity contribution in [2.45, 2.75) is 20.0 Å². The normalized spacial score (nSPS) is 11.7. The smallest absolute Gasteiger partial charge is 0.342 e. The molecule has 0 aliphatic carbocycles. The van der Waals surface area contributed by atoms with E-state index in [2.05, 4.69) is 10.1 Å². The molecule has 0 aliphatic rings. The summed E-state index contributed by atoms with van der Waals surface area (Å²) in [6, 6.07) is 7.60. The van der Waals surface area contributed by atoms with Crippen molar-refractivity contribution < 1.29 is 32.7 Å². The van der Waals surface area contributed by atoms with Crippen molar-refractivity contribution in [3.05, 3.63) is 53.2 Å². The Bertz CT molecular complexity index is 1070. The molecule has 9 heteroatoms. The van der Waals surface area contributed by atoms with E-state index in [-0.39, 0.29) is 28.8 Å². The van der Waals surface area contributed by atoms with Gasteiger partial charge in [0, 0.05) is 17.7 Å². The lowest BCUT2D eigenvalue weighted by molar-refractivity contribution is 0.0261. The summed E-state index contributed by atoms with van der Waals surface area (Å²) in [4.78, 5) is 16.9. The Balaban J connectivity index is 1.81. The van der Waals surface area contributed by atoms with Gasteiger partial charge in [-0.2, -0.15) is 4.98 Å². The van der Waals surface area contributed by atoms with Crippen molar-refractivity contribution in [1.82, 2.24) is 10.1 Å². The Morgan fingerprint density at radius 1 is 1.03 bits per heavy atom. The predicted molar refractivity (Wildman–Crippen MR) is 104 cm³/mol. The average molecular weight is 416 g/mol. The molecule has 2 aromatic carbocycles. The summed E-state index contributed by atoms with van der Waals surface area (Å²) in [5, 5.41) is 3.84. The van der Waals surface area contributed by atoms with Crippen LogP contribution >= 0.6 is 0 Å². The topological polar surface area (TPSA) is 92.9 Å². The van der Waals surface area contributed by atoms with Crippen LogP contribution in [-0.4, -0.2) is 37.4 Å². The van der Waals surface area contributed by atoms with Crippen LogP contribution in [0.3, 0.4) is 0 Å². The van der Waals surface area contributed by atoms with Gasteiger partial charge in [0.25, 0.3) is 5.89 Å². The van der Waals surface area contributed by atoms with Gasteiger partial charge in [-0.15, -0.1) is 0 Å². The first-order chi connectivity index (χ1) is 14.4. The highest BCUT2D eigenvalue weighted by Gasteiger charge is 2.24. The van der Waals surface area contributed by atoms with E-state index in [9.17, 15) is 9.18 Å². The molecule has 0 spiro atoms. The standard InChI is InChI=1S/C21H21FN2O6/c1-11-6-7-13(8-15(11)22)19-23-20(30-24-19)12(2)29-21(25)14-9-17(27-4)18(28-5)10-16(14)26-3/h6-10,12H,1-5H3. The lowest BCUT2D eigenvalue weighted by Crippen LogP contribution is -2.11. The molecule has 0 radical (unpaired) electrons. The van der Waals surface area contributed by atoms with Gasteiger partial charge in [-0.1, -0.05) is 17.3 Å². The first kappa shape index (κ1) is 21.1. The van der Waals surface area contributed by atoms with Crippen LogP contribution in [0.2, 0.25) is 0 Å². The number of aryl methyl sites for hydroxylation is 1. The van der Waals surface area contributed by atoms with Gasteiger partial charge in [0.2, 0.25) is 5.82 Å². The van der Waals surface area contributed by atoms with Gasteiger partial charge < -0.3 is 23.5 Å². The monoisotopic (exact) mass is 416 g/mol. The lowest BCUT2D eigenvalue weighted by atomic mass is 10.1. The number of hydrogen-bond acceptors (Lipinski definition) is 8. The van der Waals surface area contributed by atoms with Crippen molar-refractivity contribution in [3.8, 4) is 28.6 Å². The highest BCUT2D eigenvalue weighted by molar-refractivity contribution is 5.93. The van der Waals surface area contributed by atoms with Crippen LogP contribution in [0.1, 0.15) is 34.8 Å². The minimum absolute atomic E-state index is 0.0683. The molecule has 1 aromatic heterocycles. The van der Waals surface area contributed by atoms with Crippen LogP contribution in [0.4, 0.5) is 4.39 Å². The number of aromatic nitrogens is 2. The molecule has 0 bridgehead atoms. The summed E-state index contributed by atoms with van der Waals surface area (Å²) >= 11 is 0. The first-order valence-electron chi connectivity index (χ1n) is 8.99. The highest BCUT2D eigenvalue weighted by Crippen LogP contribution is 2.35. The summed E-state index contributed by atoms with van der Waals surface area (Å²) in [5.74, 6) is 0.214. The van der Waals surface area contributed by atoms with E-state index in [1.54, 1.807) is 26.0 Å². The second-order valence-electron chi connectivity index (χ2n) is 6.38. The van der Waals surface area contributed by atoms with Gasteiger partial charge in [0.05, 0.1) is 21.3 Å². The molecule has 0 saturated heterocycles. The Morgan fingerprint density at radius 3 is 2.33 bits per heavy atom. The molecule has 0 amide bonds. The molecule has 158 valence electrons. The third-order valence-electron chi connectivity index (χ3n) is 4.43. The van der Waals surface area contributed by atoms with Gasteiger partial charge in [-0.3, -0.25) is 0 Å². The fourth-order valence-corrected chi connectivity index (χ4v) is 2.71. The van der Waals surface area contributed by atoms with E-state index in [4.69, 9.17) is 23.5 Å². The second-order valence-corrected chi connectivity index (χ2v) is 6.38. The quantitative estimate of drug-likeness (QED) is 0.531. The molecule has 1 heterocycles. The fourth-order valence-electron chi connectivity index (χ4n) is 2.71. The highest BCUT2D eigenvalue weighted by atomic mass is 19.1. The molecule has 0 fully saturated rings. The van der Waals surface area contributed by atoms with Crippen LogP contribution < -0.4 is 14.2 Å². The van der Waals surface area contributed by atoms with Gasteiger partial charge in [0.15, 0.2) is 17.6 Å². The van der Waals surface area contributed by atoms with E-state index in [1.165, 1.54) is 39.5 Å². The average Bonchev–Trinajstić information content (AvgIpc) is 3.25. The lowest BCUT2D eigenvalue weighted by Gasteiger charge is -2.15. The number of esters is 1. The third kappa shape index (κ3) is 4.19. The van der Waals surface area contributed by atoms with Gasteiger partial charge in [-0.25, -0.2) is 9.18 Å². The number of hydrogen-bond donors (Lipinski definition) is 0. The molecule has 30 heavy (non-hydrogen) atoms. The molecule has 0 aliphatic heterocycles. The van der Waals surface area contributed by atoms with E-state index in [1.807, 2.05) is 0 Å². The Hall–Kier alpha value is -3.62. The fraction of sp³-hybridized carbons (Fsp3) is 0.286. The number of benzene rings is 2. The van der Waals surface area contributed by atoms with E-state index >= 15 is 0 Å². The molecule has 1 unspecified atom stereocenters. The van der Waals surface area contributed by atoms with E-state index in [0.29, 0.717) is 22.6 Å². The van der Waals surface area contributed by atoms with E-state index < -0.39 is 12.1 Å². The SMILES string of the molecule is COc1cc(OC)c(C(=O)OC(C)c2nc(-c3ccc(C)c(F)c3)no2)cc1OC. The number of carbonyl (C=O) groups is 1. The van der Waals surface area contributed by atoms with Crippen LogP contribution in [0.15, 0.2) is 34.9 Å². The van der Waals surface area contributed by atoms with Crippen molar-refractivity contribution in [2.75, 3.05) is 21.3 Å². The van der Waals surface area contributed by atoms with Crippen molar-refractivity contribution in [1.29, 1.82) is 0 Å². The Labute approximate surface area is 172 Å². The molecule has 1 atom stereocenters. The number of methoxy groups -OCH3 is 3. The maximum absolute atomic E-state index is 13.8. The van der Waals surface area contributed by atoms with Crippen LogP contribution in [0.25, 0.3) is 11.4 Å². The summed E-state index contributed by atoms with van der Waals surface area (Å²) in [6.07, 6.45) is -0.855. The first-order valence-corrected chi connectivity index (χ1v) is 8.99. The van der Waals surface area contributed by atoms with Gasteiger partial charge >= 0.3 is 5.97 Å². The predicted octanol–water partition coefficient (Wildman–Crippen LogP) is 4.13. The zero-order chi connectivity index (χ0) is 21.8. The number of carbonyl (C=O) groups excluding carboxylic acids is 1. The zero-order valence-corrected chi connectivity index (χ0v) is 17.2. The minimum Gasteiger partial charge on any atom is -0.496 e. The number of rotatable bonds is 7. The van der Waals surface area contributed by atoms with Crippen molar-refractivity contribution in [2.24, 2.45) is 0 Å². The Morgan fingerprint density at radius 2 is 1.70 bits per heavy atom. The summed E-state index contributed by atoms with van der Waals surface area (Å²) in [5.41, 5.74) is 1.10. The summed E-state index contributed by atoms with van der Waals surface area (Å²) in [6.45, 7) is 3.24. The Kier molecular flexibility index (Phi) is 6.20. The maximum Gasteiger partial charge on any atom is 0.342 e. The second kappa shape index (κ2) is 8.81. The number of halogens is 1. The number of nitrogens with zero attached hydrogens (tertiary/aromatic N) is 2.